The number of rotatable bonds is 12. The first-order chi connectivity index (χ1) is 14.7. The zero-order valence-corrected chi connectivity index (χ0v) is 17.2. The third-order valence-corrected chi connectivity index (χ3v) is 5.29. The molecular weight excluding hydrogens is 374 g/mol. The van der Waals surface area contributed by atoms with Crippen LogP contribution < -0.4 is 5.32 Å². The van der Waals surface area contributed by atoms with Crippen molar-refractivity contribution in [1.29, 1.82) is 0 Å². The van der Waals surface area contributed by atoms with Crippen LogP contribution in [0.3, 0.4) is 0 Å². The number of nitrogens with one attached hydrogen (secondary N) is 2. The number of aldehydes is 1. The van der Waals surface area contributed by atoms with Crippen LogP contribution in [0.25, 0.3) is 0 Å². The Morgan fingerprint density at radius 1 is 0.967 bits per heavy atom. The minimum absolute atomic E-state index is 0.0600. The van der Waals surface area contributed by atoms with Crippen LogP contribution in [-0.2, 0) is 28.9 Å². The molecule has 0 aliphatic heterocycles. The second-order valence-electron chi connectivity index (χ2n) is 7.65. The van der Waals surface area contributed by atoms with Gasteiger partial charge in [-0.15, -0.1) is 0 Å². The molecule has 2 aromatic carbocycles. The van der Waals surface area contributed by atoms with Gasteiger partial charge in [0.2, 0.25) is 5.91 Å². The molecule has 3 rings (SSSR count). The molecule has 0 fully saturated rings. The van der Waals surface area contributed by atoms with Crippen molar-refractivity contribution in [3.63, 3.8) is 0 Å². The summed E-state index contributed by atoms with van der Waals surface area (Å²) >= 11 is 0. The topological polar surface area (TPSA) is 74.8 Å². The molecule has 5 nitrogen and oxygen atoms in total. The largest absolute Gasteiger partial charge is 0.348 e. The zero-order valence-electron chi connectivity index (χ0n) is 17.2. The summed E-state index contributed by atoms with van der Waals surface area (Å²) < 4.78 is 0. The minimum atomic E-state index is -0.555. The average molecular weight is 404 g/mol. The van der Waals surface area contributed by atoms with Crippen LogP contribution in [0.5, 0.6) is 0 Å². The van der Waals surface area contributed by atoms with Gasteiger partial charge in [0.05, 0.1) is 12.4 Å². The second-order valence-corrected chi connectivity index (χ2v) is 7.65. The number of aryl methyl sites for hydroxylation is 1. The number of carbonyl (C=O) groups is 2. The number of carbonyl (C=O) groups excluding carboxylic acids is 2. The Labute approximate surface area is 177 Å². The third kappa shape index (κ3) is 6.99. The molecule has 0 aliphatic carbocycles. The normalized spacial score (nSPS) is 12.8. The molecule has 0 saturated heterocycles. The van der Waals surface area contributed by atoms with Crippen molar-refractivity contribution in [2.45, 2.75) is 44.6 Å². The molecule has 0 spiro atoms. The van der Waals surface area contributed by atoms with Crippen molar-refractivity contribution in [2.75, 3.05) is 0 Å². The lowest BCUT2D eigenvalue weighted by molar-refractivity contribution is -0.127. The number of benzene rings is 2. The summed E-state index contributed by atoms with van der Waals surface area (Å²) in [6.07, 6.45) is 8.95. The molecular formula is C25H29N3O2. The number of imidazole rings is 1. The Morgan fingerprint density at radius 2 is 1.67 bits per heavy atom. The van der Waals surface area contributed by atoms with E-state index in [-0.39, 0.29) is 11.8 Å². The maximum Gasteiger partial charge on any atom is 0.224 e. The molecule has 30 heavy (non-hydrogen) atoms. The molecule has 3 aromatic rings. The molecule has 1 heterocycles. The van der Waals surface area contributed by atoms with Crippen molar-refractivity contribution in [3.8, 4) is 0 Å². The van der Waals surface area contributed by atoms with Crippen LogP contribution in [-0.4, -0.2) is 28.2 Å². The minimum Gasteiger partial charge on any atom is -0.348 e. The summed E-state index contributed by atoms with van der Waals surface area (Å²) in [4.78, 5) is 31.5. The van der Waals surface area contributed by atoms with Gasteiger partial charge in [0.1, 0.15) is 6.29 Å². The summed E-state index contributed by atoms with van der Waals surface area (Å²) in [5, 5.41) is 2.93. The van der Waals surface area contributed by atoms with E-state index < -0.39 is 6.04 Å². The number of aromatic nitrogens is 2. The van der Waals surface area contributed by atoms with Crippen LogP contribution in [0.4, 0.5) is 0 Å². The highest BCUT2D eigenvalue weighted by Gasteiger charge is 2.22. The molecule has 0 saturated carbocycles. The third-order valence-electron chi connectivity index (χ3n) is 5.29. The fourth-order valence-corrected chi connectivity index (χ4v) is 3.66. The van der Waals surface area contributed by atoms with Crippen molar-refractivity contribution in [1.82, 2.24) is 15.3 Å². The first-order valence-electron chi connectivity index (χ1n) is 10.6. The van der Waals surface area contributed by atoms with Crippen LogP contribution >= 0.6 is 0 Å². The highest BCUT2D eigenvalue weighted by atomic mass is 16.2. The Bertz CT molecular complexity index is 879. The van der Waals surface area contributed by atoms with E-state index in [2.05, 4.69) is 39.6 Å². The lowest BCUT2D eigenvalue weighted by Gasteiger charge is -2.20. The molecule has 5 heteroatoms. The average Bonchev–Trinajstić information content (AvgIpc) is 3.30. The van der Waals surface area contributed by atoms with Gasteiger partial charge in [-0.1, -0.05) is 67.1 Å². The smallest absolute Gasteiger partial charge is 0.224 e. The molecule has 0 aliphatic rings. The molecule has 1 amide bonds. The Hall–Kier alpha value is -3.21. The predicted octanol–water partition coefficient (Wildman–Crippen LogP) is 3.91. The maximum absolute atomic E-state index is 13.0. The number of unbranched alkanes of at least 4 members (excludes halogenated alkanes) is 1. The number of aromatic amines is 1. The Kier molecular flexibility index (Phi) is 8.39. The van der Waals surface area contributed by atoms with E-state index in [1.54, 1.807) is 12.5 Å². The van der Waals surface area contributed by atoms with Gasteiger partial charge in [0, 0.05) is 24.2 Å². The van der Waals surface area contributed by atoms with Gasteiger partial charge in [-0.2, -0.15) is 0 Å². The zero-order chi connectivity index (χ0) is 21.0. The van der Waals surface area contributed by atoms with Gasteiger partial charge in [-0.25, -0.2) is 4.98 Å². The molecule has 1 aromatic heterocycles. The van der Waals surface area contributed by atoms with Crippen LogP contribution in [0.1, 0.15) is 36.1 Å². The van der Waals surface area contributed by atoms with Crippen molar-refractivity contribution >= 4 is 12.2 Å². The highest BCUT2D eigenvalue weighted by Crippen LogP contribution is 2.18. The Balaban J connectivity index is 1.57. The van der Waals surface area contributed by atoms with E-state index in [4.69, 9.17) is 0 Å². The SMILES string of the molecule is O=CC(Cc1cnc[nH]1)NC(=O)C(CCCCc1ccccc1)Cc1ccccc1. The molecule has 2 atom stereocenters. The molecule has 2 unspecified atom stereocenters. The Morgan fingerprint density at radius 3 is 2.30 bits per heavy atom. The predicted molar refractivity (Wildman–Crippen MR) is 118 cm³/mol. The number of hydrogen-bond donors (Lipinski definition) is 2. The van der Waals surface area contributed by atoms with E-state index >= 15 is 0 Å². The highest BCUT2D eigenvalue weighted by molar-refractivity contribution is 5.82. The summed E-state index contributed by atoms with van der Waals surface area (Å²) in [5.41, 5.74) is 3.29. The first-order valence-corrected chi connectivity index (χ1v) is 10.6. The van der Waals surface area contributed by atoms with Crippen molar-refractivity contribution in [3.05, 3.63) is 90.0 Å². The van der Waals surface area contributed by atoms with E-state index in [9.17, 15) is 9.59 Å². The number of hydrogen-bond acceptors (Lipinski definition) is 3. The van der Waals surface area contributed by atoms with Crippen LogP contribution in [0.2, 0.25) is 0 Å². The van der Waals surface area contributed by atoms with Crippen LogP contribution in [0.15, 0.2) is 73.2 Å². The van der Waals surface area contributed by atoms with Gasteiger partial charge in [-0.05, 0) is 36.8 Å². The molecule has 0 radical (unpaired) electrons. The van der Waals surface area contributed by atoms with E-state index in [1.165, 1.54) is 5.56 Å². The van der Waals surface area contributed by atoms with Gasteiger partial charge in [0.15, 0.2) is 0 Å². The summed E-state index contributed by atoms with van der Waals surface area (Å²) in [6.45, 7) is 0. The van der Waals surface area contributed by atoms with E-state index in [0.717, 1.165) is 43.2 Å². The van der Waals surface area contributed by atoms with Gasteiger partial charge >= 0.3 is 0 Å². The van der Waals surface area contributed by atoms with Crippen LogP contribution in [0, 0.1) is 5.92 Å². The summed E-state index contributed by atoms with van der Waals surface area (Å²) in [7, 11) is 0. The van der Waals surface area contributed by atoms with Gasteiger partial charge in [0.25, 0.3) is 0 Å². The van der Waals surface area contributed by atoms with Crippen molar-refractivity contribution in [2.24, 2.45) is 5.92 Å². The maximum atomic E-state index is 13.0. The number of nitrogens with zero attached hydrogens (tertiary/aromatic N) is 1. The lowest BCUT2D eigenvalue weighted by Crippen LogP contribution is -2.41. The monoisotopic (exact) mass is 403 g/mol. The van der Waals surface area contributed by atoms with Gasteiger partial charge in [-0.3, -0.25) is 4.79 Å². The lowest BCUT2D eigenvalue weighted by atomic mass is 9.92. The summed E-state index contributed by atoms with van der Waals surface area (Å²) in [6, 6.07) is 19.9. The fourth-order valence-electron chi connectivity index (χ4n) is 3.66. The summed E-state index contributed by atoms with van der Waals surface area (Å²) in [5.74, 6) is -0.220. The molecule has 2 N–H and O–H groups in total. The van der Waals surface area contributed by atoms with Gasteiger partial charge < -0.3 is 15.1 Å². The van der Waals surface area contributed by atoms with Crippen molar-refractivity contribution < 1.29 is 9.59 Å². The second kappa shape index (κ2) is 11.7. The number of amides is 1. The molecule has 156 valence electrons. The standard InChI is InChI=1S/C25H29N3O2/c29-18-24(16-23-17-26-19-27-23)28-25(30)22(15-21-12-5-2-6-13-21)14-8-7-11-20-9-3-1-4-10-20/h1-6,9-10,12-13,17-19,22,24H,7-8,11,14-16H2,(H,26,27)(H,28,30). The fraction of sp³-hybridized carbons (Fsp3) is 0.320. The molecule has 0 bridgehead atoms. The quantitative estimate of drug-likeness (QED) is 0.356. The first kappa shape index (κ1) is 21.5. The number of H-pyrrole nitrogens is 1. The van der Waals surface area contributed by atoms with E-state index in [0.29, 0.717) is 12.8 Å². The van der Waals surface area contributed by atoms with E-state index in [1.807, 2.05) is 36.4 Å².